The Morgan fingerprint density at radius 2 is 1.63 bits per heavy atom. The lowest BCUT2D eigenvalue weighted by molar-refractivity contribution is -0.123. The van der Waals surface area contributed by atoms with E-state index < -0.39 is 17.8 Å². The minimum atomic E-state index is -0.848. The van der Waals surface area contributed by atoms with E-state index in [9.17, 15) is 18.8 Å². The van der Waals surface area contributed by atoms with Crippen LogP contribution in [0.2, 0.25) is 0 Å². The van der Waals surface area contributed by atoms with E-state index in [1.807, 2.05) is 24.3 Å². The van der Waals surface area contributed by atoms with E-state index >= 15 is 0 Å². The van der Waals surface area contributed by atoms with Gasteiger partial charge in [-0.15, -0.1) is 0 Å². The van der Waals surface area contributed by atoms with Crippen LogP contribution in [0, 0.1) is 5.82 Å². The molecule has 0 spiro atoms. The van der Waals surface area contributed by atoms with Gasteiger partial charge in [-0.2, -0.15) is 0 Å². The number of thiazole rings is 1. The zero-order valence-electron chi connectivity index (χ0n) is 22.3. The van der Waals surface area contributed by atoms with Crippen LogP contribution >= 0.6 is 11.3 Å². The smallest absolute Gasteiger partial charge is 0.258 e. The average Bonchev–Trinajstić information content (AvgIpc) is 3.36. The number of hydrogen-bond acceptors (Lipinski definition) is 9. The standard InChI is InChI=1S/C29H28FN5O5S/c1-17(28(32)38)35(21-9-7-20(30)8-10-21)29-34-27(31)26(41-29)25(37)19-5-13-23(14-6-19)40-16-24(36)33-15-18-3-11-22(39-2)12-4-18/h3-14,17H,15-16,31H2,1-2H3,(H2,32,38)(H,33,36)/t17-/m1/s1. The number of anilines is 3. The molecule has 0 aliphatic rings. The number of hydrogen-bond donors (Lipinski definition) is 3. The first-order valence-corrected chi connectivity index (χ1v) is 13.3. The second kappa shape index (κ2) is 12.9. The molecule has 0 unspecified atom stereocenters. The van der Waals surface area contributed by atoms with Crippen molar-refractivity contribution in [1.29, 1.82) is 0 Å². The predicted molar refractivity (Wildman–Crippen MR) is 154 cm³/mol. The number of ketones is 1. The summed E-state index contributed by atoms with van der Waals surface area (Å²) in [5.74, 6) is -0.668. The number of amides is 2. The molecule has 12 heteroatoms. The number of primary amides is 1. The van der Waals surface area contributed by atoms with Gasteiger partial charge in [-0.3, -0.25) is 14.4 Å². The second-order valence-corrected chi connectivity index (χ2v) is 9.88. The maximum atomic E-state index is 13.5. The SMILES string of the molecule is COc1ccc(CNC(=O)COc2ccc(C(=O)c3sc(N(c4ccc(F)cc4)[C@H](C)C(N)=O)nc3N)cc2)cc1. The molecule has 2 amide bonds. The number of ether oxygens (including phenoxy) is 2. The fraction of sp³-hybridized carbons (Fsp3) is 0.172. The van der Waals surface area contributed by atoms with Crippen LogP contribution in [0.15, 0.2) is 72.8 Å². The molecular weight excluding hydrogens is 549 g/mol. The lowest BCUT2D eigenvalue weighted by atomic mass is 10.1. The van der Waals surface area contributed by atoms with Gasteiger partial charge in [0.2, 0.25) is 11.7 Å². The maximum Gasteiger partial charge on any atom is 0.258 e. The molecule has 0 saturated heterocycles. The van der Waals surface area contributed by atoms with E-state index in [4.69, 9.17) is 20.9 Å². The molecule has 41 heavy (non-hydrogen) atoms. The van der Waals surface area contributed by atoms with E-state index in [1.165, 1.54) is 29.2 Å². The normalized spacial score (nSPS) is 11.4. The largest absolute Gasteiger partial charge is 0.497 e. The Morgan fingerprint density at radius 3 is 2.24 bits per heavy atom. The molecule has 4 rings (SSSR count). The van der Waals surface area contributed by atoms with Crippen LogP contribution in [0.25, 0.3) is 0 Å². The zero-order chi connectivity index (χ0) is 29.5. The molecule has 212 valence electrons. The number of nitrogen functional groups attached to an aromatic ring is 1. The fourth-order valence-corrected chi connectivity index (χ4v) is 4.84. The van der Waals surface area contributed by atoms with Gasteiger partial charge in [-0.25, -0.2) is 9.37 Å². The summed E-state index contributed by atoms with van der Waals surface area (Å²) in [7, 11) is 1.58. The van der Waals surface area contributed by atoms with Crippen LogP contribution in [0.1, 0.15) is 27.7 Å². The molecular formula is C29H28FN5O5S. The Bertz CT molecular complexity index is 1520. The first-order chi connectivity index (χ1) is 19.7. The highest BCUT2D eigenvalue weighted by molar-refractivity contribution is 7.18. The molecule has 0 bridgehead atoms. The van der Waals surface area contributed by atoms with Gasteiger partial charge in [0.25, 0.3) is 5.91 Å². The molecule has 1 atom stereocenters. The number of nitrogens with one attached hydrogen (secondary N) is 1. The van der Waals surface area contributed by atoms with Crippen molar-refractivity contribution in [3.05, 3.63) is 94.6 Å². The molecule has 4 aromatic rings. The van der Waals surface area contributed by atoms with Gasteiger partial charge in [0.05, 0.1) is 7.11 Å². The Morgan fingerprint density at radius 1 is 1.00 bits per heavy atom. The van der Waals surface area contributed by atoms with Crippen molar-refractivity contribution < 1.29 is 28.2 Å². The first-order valence-electron chi connectivity index (χ1n) is 12.4. The van der Waals surface area contributed by atoms with Gasteiger partial charge in [0, 0.05) is 17.8 Å². The minimum absolute atomic E-state index is 0.0207. The summed E-state index contributed by atoms with van der Waals surface area (Å²) in [6, 6.07) is 18.2. The number of carbonyl (C=O) groups excluding carboxylic acids is 3. The maximum absolute atomic E-state index is 13.5. The Balaban J connectivity index is 1.40. The van der Waals surface area contributed by atoms with Crippen LogP contribution in [0.4, 0.5) is 21.0 Å². The van der Waals surface area contributed by atoms with Gasteiger partial charge < -0.3 is 31.2 Å². The van der Waals surface area contributed by atoms with Crippen molar-refractivity contribution in [2.45, 2.75) is 19.5 Å². The Kier molecular flexibility index (Phi) is 9.15. The van der Waals surface area contributed by atoms with Gasteiger partial charge in [0.15, 0.2) is 11.7 Å². The molecule has 0 aliphatic carbocycles. The van der Waals surface area contributed by atoms with E-state index in [-0.39, 0.29) is 34.1 Å². The van der Waals surface area contributed by atoms with Gasteiger partial charge in [0.1, 0.15) is 34.1 Å². The van der Waals surface area contributed by atoms with E-state index in [2.05, 4.69) is 10.3 Å². The fourth-order valence-electron chi connectivity index (χ4n) is 3.79. The molecule has 0 fully saturated rings. The summed E-state index contributed by atoms with van der Waals surface area (Å²) in [4.78, 5) is 43.4. The molecule has 0 aliphatic heterocycles. The van der Waals surface area contributed by atoms with E-state index in [1.54, 1.807) is 38.3 Å². The predicted octanol–water partition coefficient (Wildman–Crippen LogP) is 3.81. The summed E-state index contributed by atoms with van der Waals surface area (Å²) in [5, 5.41) is 3.03. The zero-order valence-corrected chi connectivity index (χ0v) is 23.1. The summed E-state index contributed by atoms with van der Waals surface area (Å²) in [5.41, 5.74) is 13.3. The third kappa shape index (κ3) is 7.17. The second-order valence-electron chi connectivity index (χ2n) is 8.90. The number of nitrogens with two attached hydrogens (primary N) is 2. The van der Waals surface area contributed by atoms with Crippen LogP contribution in [0.5, 0.6) is 11.5 Å². The molecule has 10 nitrogen and oxygen atoms in total. The van der Waals surface area contributed by atoms with Crippen LogP contribution in [-0.4, -0.2) is 42.3 Å². The quantitative estimate of drug-likeness (QED) is 0.215. The third-order valence-electron chi connectivity index (χ3n) is 6.09. The topological polar surface area (TPSA) is 150 Å². The summed E-state index contributed by atoms with van der Waals surface area (Å²) in [6.07, 6.45) is 0. The van der Waals surface area contributed by atoms with Crippen molar-refractivity contribution in [3.8, 4) is 11.5 Å². The number of methoxy groups -OCH3 is 1. The molecule has 3 aromatic carbocycles. The van der Waals surface area contributed by atoms with Gasteiger partial charge >= 0.3 is 0 Å². The Labute approximate surface area is 239 Å². The number of carbonyl (C=O) groups is 3. The van der Waals surface area contributed by atoms with E-state index in [0.717, 1.165) is 22.6 Å². The first kappa shape index (κ1) is 29.0. The highest BCUT2D eigenvalue weighted by atomic mass is 32.1. The summed E-state index contributed by atoms with van der Waals surface area (Å²) < 4.78 is 24.2. The van der Waals surface area contributed by atoms with Gasteiger partial charge in [-0.05, 0) is 73.2 Å². The average molecular weight is 578 g/mol. The molecule has 0 saturated carbocycles. The van der Waals surface area contributed by atoms with Crippen molar-refractivity contribution in [2.24, 2.45) is 5.73 Å². The van der Waals surface area contributed by atoms with Crippen LogP contribution in [-0.2, 0) is 16.1 Å². The number of rotatable bonds is 12. The lowest BCUT2D eigenvalue weighted by Gasteiger charge is -2.26. The van der Waals surface area contributed by atoms with E-state index in [0.29, 0.717) is 23.5 Å². The molecule has 1 heterocycles. The lowest BCUT2D eigenvalue weighted by Crippen LogP contribution is -2.39. The van der Waals surface area contributed by atoms with Crippen molar-refractivity contribution in [2.75, 3.05) is 24.4 Å². The Hall–Kier alpha value is -4.97. The third-order valence-corrected chi connectivity index (χ3v) is 7.16. The number of aromatic nitrogens is 1. The van der Waals surface area contributed by atoms with Crippen LogP contribution < -0.4 is 31.2 Å². The number of nitrogens with zero attached hydrogens (tertiary/aromatic N) is 2. The molecule has 5 N–H and O–H groups in total. The number of halogens is 1. The highest BCUT2D eigenvalue weighted by Gasteiger charge is 2.27. The van der Waals surface area contributed by atoms with Gasteiger partial charge in [-0.1, -0.05) is 23.5 Å². The van der Waals surface area contributed by atoms with Crippen molar-refractivity contribution >= 4 is 45.6 Å². The number of benzene rings is 3. The highest BCUT2D eigenvalue weighted by Crippen LogP contribution is 2.36. The van der Waals surface area contributed by atoms with Crippen LogP contribution in [0.3, 0.4) is 0 Å². The van der Waals surface area contributed by atoms with Crippen molar-refractivity contribution in [1.82, 2.24) is 10.3 Å². The monoisotopic (exact) mass is 577 g/mol. The molecule has 0 radical (unpaired) electrons. The van der Waals surface area contributed by atoms with Crippen molar-refractivity contribution in [3.63, 3.8) is 0 Å². The molecule has 1 aromatic heterocycles. The summed E-state index contributed by atoms with van der Waals surface area (Å²) in [6.45, 7) is 1.71. The minimum Gasteiger partial charge on any atom is -0.497 e. The summed E-state index contributed by atoms with van der Waals surface area (Å²) >= 11 is 0.987.